The van der Waals surface area contributed by atoms with Crippen LogP contribution in [0.4, 0.5) is 5.82 Å². The highest BCUT2D eigenvalue weighted by molar-refractivity contribution is 5.27. The van der Waals surface area contributed by atoms with Gasteiger partial charge < -0.3 is 15.4 Å². The molecule has 2 rings (SSSR count). The fraction of sp³-hybridized carbons (Fsp3) is 0.727. The molecule has 6 heteroatoms. The summed E-state index contributed by atoms with van der Waals surface area (Å²) in [5, 5.41) is 18.0. The van der Waals surface area contributed by atoms with Gasteiger partial charge in [0.2, 0.25) is 0 Å². The molecular formula is C11H18N4O2. The highest BCUT2D eigenvalue weighted by atomic mass is 16.6. The zero-order chi connectivity index (χ0) is 12.3. The molecule has 1 aromatic heterocycles. The van der Waals surface area contributed by atoms with Crippen LogP contribution in [0.15, 0.2) is 6.20 Å². The van der Waals surface area contributed by atoms with Crippen LogP contribution < -0.4 is 5.32 Å². The molecule has 0 amide bonds. The van der Waals surface area contributed by atoms with Crippen molar-refractivity contribution in [2.24, 2.45) is 5.92 Å². The van der Waals surface area contributed by atoms with Gasteiger partial charge in [0.1, 0.15) is 0 Å². The monoisotopic (exact) mass is 238 g/mol. The van der Waals surface area contributed by atoms with E-state index in [1.807, 2.05) is 0 Å². The number of nitrogens with one attached hydrogen (secondary N) is 1. The molecule has 1 atom stereocenters. The van der Waals surface area contributed by atoms with Gasteiger partial charge in [0.25, 0.3) is 0 Å². The van der Waals surface area contributed by atoms with Gasteiger partial charge in [-0.25, -0.2) is 0 Å². The van der Waals surface area contributed by atoms with Crippen molar-refractivity contribution >= 4 is 5.82 Å². The molecule has 0 aromatic carbocycles. The number of hydrogen-bond acceptors (Lipinski definition) is 4. The summed E-state index contributed by atoms with van der Waals surface area (Å²) in [4.78, 5) is 10.2. The van der Waals surface area contributed by atoms with Gasteiger partial charge in [0.15, 0.2) is 0 Å². The number of rotatable bonds is 4. The Balaban J connectivity index is 1.90. The summed E-state index contributed by atoms with van der Waals surface area (Å²) in [6.07, 6.45) is 5.26. The third-order valence-electron chi connectivity index (χ3n) is 3.26. The lowest BCUT2D eigenvalue weighted by atomic mass is 9.96. The Hall–Kier alpha value is -1.43. The Morgan fingerprint density at radius 3 is 3.12 bits per heavy atom. The maximum Gasteiger partial charge on any atom is 0.392 e. The van der Waals surface area contributed by atoms with E-state index in [-0.39, 0.29) is 5.82 Å². The first-order valence-electron chi connectivity index (χ1n) is 6.06. The molecule has 0 bridgehead atoms. The summed E-state index contributed by atoms with van der Waals surface area (Å²) in [6, 6.07) is 0. The van der Waals surface area contributed by atoms with Crippen molar-refractivity contribution in [3.8, 4) is 0 Å². The van der Waals surface area contributed by atoms with E-state index < -0.39 is 4.92 Å². The van der Waals surface area contributed by atoms with Crippen molar-refractivity contribution in [1.29, 1.82) is 0 Å². The van der Waals surface area contributed by atoms with Gasteiger partial charge in [-0.2, -0.15) is 4.68 Å². The first-order chi connectivity index (χ1) is 8.16. The fourth-order valence-corrected chi connectivity index (χ4v) is 2.29. The van der Waals surface area contributed by atoms with Crippen LogP contribution in [-0.4, -0.2) is 27.8 Å². The highest BCUT2D eigenvalue weighted by Gasteiger charge is 2.18. The van der Waals surface area contributed by atoms with Crippen molar-refractivity contribution in [3.05, 3.63) is 21.9 Å². The standard InChI is InChI=1S/C11H18N4O2/c1-9-8-14(13-11(9)15(16)17)6-4-10-3-2-5-12-7-10/h8,10,12H,2-7H2,1H3. The van der Waals surface area contributed by atoms with Gasteiger partial charge >= 0.3 is 5.82 Å². The van der Waals surface area contributed by atoms with Gasteiger partial charge in [-0.1, -0.05) is 0 Å². The quantitative estimate of drug-likeness (QED) is 0.637. The number of aromatic nitrogens is 2. The molecule has 1 N–H and O–H groups in total. The van der Waals surface area contributed by atoms with Crippen molar-refractivity contribution in [1.82, 2.24) is 15.1 Å². The minimum Gasteiger partial charge on any atom is -0.358 e. The molecule has 0 aliphatic carbocycles. The second kappa shape index (κ2) is 5.27. The van der Waals surface area contributed by atoms with Crippen LogP contribution in [0.1, 0.15) is 24.8 Å². The summed E-state index contributed by atoms with van der Waals surface area (Å²) >= 11 is 0. The van der Waals surface area contributed by atoms with Crippen molar-refractivity contribution in [2.45, 2.75) is 32.7 Å². The summed E-state index contributed by atoms with van der Waals surface area (Å²) in [6.45, 7) is 4.66. The molecule has 0 radical (unpaired) electrons. The average Bonchev–Trinajstić information content (AvgIpc) is 2.69. The predicted molar refractivity (Wildman–Crippen MR) is 63.8 cm³/mol. The molecule has 1 saturated heterocycles. The summed E-state index contributed by atoms with van der Waals surface area (Å²) in [5.41, 5.74) is 0.636. The number of piperidine rings is 1. The Morgan fingerprint density at radius 2 is 2.53 bits per heavy atom. The highest BCUT2D eigenvalue weighted by Crippen LogP contribution is 2.17. The molecule has 0 spiro atoms. The van der Waals surface area contributed by atoms with E-state index in [9.17, 15) is 10.1 Å². The number of aryl methyl sites for hydroxylation is 2. The van der Waals surface area contributed by atoms with Gasteiger partial charge in [-0.15, -0.1) is 0 Å². The minimum atomic E-state index is -0.423. The van der Waals surface area contributed by atoms with E-state index in [1.54, 1.807) is 17.8 Å². The summed E-state index contributed by atoms with van der Waals surface area (Å²) in [5.74, 6) is 0.652. The minimum absolute atomic E-state index is 0.0215. The molecule has 17 heavy (non-hydrogen) atoms. The van der Waals surface area contributed by atoms with Crippen LogP contribution in [0.3, 0.4) is 0 Å². The molecule has 1 aliphatic rings. The molecule has 1 fully saturated rings. The molecule has 1 aromatic rings. The molecule has 1 unspecified atom stereocenters. The zero-order valence-electron chi connectivity index (χ0n) is 10.1. The average molecular weight is 238 g/mol. The number of nitrogens with zero attached hydrogens (tertiary/aromatic N) is 3. The van der Waals surface area contributed by atoms with Gasteiger partial charge in [-0.3, -0.25) is 0 Å². The van der Waals surface area contributed by atoms with E-state index in [1.165, 1.54) is 12.8 Å². The number of nitro groups is 1. The van der Waals surface area contributed by atoms with E-state index >= 15 is 0 Å². The molecule has 2 heterocycles. The Kier molecular flexibility index (Phi) is 3.73. The van der Waals surface area contributed by atoms with Gasteiger partial charge in [0, 0.05) is 0 Å². The lowest BCUT2D eigenvalue weighted by Crippen LogP contribution is -2.30. The van der Waals surface area contributed by atoms with Gasteiger partial charge in [-0.05, 0) is 50.1 Å². The molecule has 6 nitrogen and oxygen atoms in total. The van der Waals surface area contributed by atoms with E-state index in [0.29, 0.717) is 11.5 Å². The van der Waals surface area contributed by atoms with E-state index in [0.717, 1.165) is 26.1 Å². The van der Waals surface area contributed by atoms with Crippen LogP contribution >= 0.6 is 0 Å². The normalized spacial score (nSPS) is 20.4. The molecule has 0 saturated carbocycles. The molecule has 1 aliphatic heterocycles. The predicted octanol–water partition coefficient (Wildman–Crippen LogP) is 1.49. The maximum absolute atomic E-state index is 10.7. The third kappa shape index (κ3) is 3.03. The Bertz CT molecular complexity index is 396. The summed E-state index contributed by atoms with van der Waals surface area (Å²) < 4.78 is 1.70. The Labute approximate surface area is 100 Å². The maximum atomic E-state index is 10.7. The lowest BCUT2D eigenvalue weighted by Gasteiger charge is -2.21. The Morgan fingerprint density at radius 1 is 1.71 bits per heavy atom. The lowest BCUT2D eigenvalue weighted by molar-refractivity contribution is -0.390. The summed E-state index contributed by atoms with van der Waals surface area (Å²) in [7, 11) is 0. The topological polar surface area (TPSA) is 73.0 Å². The van der Waals surface area contributed by atoms with E-state index in [2.05, 4.69) is 10.4 Å². The molecule has 94 valence electrons. The fourth-order valence-electron chi connectivity index (χ4n) is 2.29. The largest absolute Gasteiger partial charge is 0.392 e. The van der Waals surface area contributed by atoms with Crippen LogP contribution in [0.25, 0.3) is 0 Å². The second-order valence-electron chi connectivity index (χ2n) is 4.66. The van der Waals surface area contributed by atoms with Crippen LogP contribution in [0, 0.1) is 23.0 Å². The molecular weight excluding hydrogens is 220 g/mol. The van der Waals surface area contributed by atoms with E-state index in [4.69, 9.17) is 0 Å². The van der Waals surface area contributed by atoms with Crippen molar-refractivity contribution in [2.75, 3.05) is 13.1 Å². The van der Waals surface area contributed by atoms with Crippen LogP contribution in [0.2, 0.25) is 0 Å². The second-order valence-corrected chi connectivity index (χ2v) is 4.66. The first-order valence-corrected chi connectivity index (χ1v) is 6.06. The number of hydrogen-bond donors (Lipinski definition) is 1. The SMILES string of the molecule is Cc1cn(CCC2CCCNC2)nc1[N+](=O)[O-]. The first kappa shape index (κ1) is 12.0. The van der Waals surface area contributed by atoms with Crippen LogP contribution in [-0.2, 0) is 6.54 Å². The third-order valence-corrected chi connectivity index (χ3v) is 3.26. The van der Waals surface area contributed by atoms with Crippen molar-refractivity contribution in [3.63, 3.8) is 0 Å². The zero-order valence-corrected chi connectivity index (χ0v) is 10.1. The van der Waals surface area contributed by atoms with Crippen LogP contribution in [0.5, 0.6) is 0 Å². The smallest absolute Gasteiger partial charge is 0.358 e. The van der Waals surface area contributed by atoms with Gasteiger partial charge in [0.05, 0.1) is 23.4 Å². The van der Waals surface area contributed by atoms with Crippen molar-refractivity contribution < 1.29 is 4.92 Å².